The summed E-state index contributed by atoms with van der Waals surface area (Å²) in [6, 6.07) is 28.1. The molecular formula is C44H58O7. The first-order chi connectivity index (χ1) is 24.0. The van der Waals surface area contributed by atoms with Crippen LogP contribution >= 0.6 is 0 Å². The number of methoxy groups -OCH3 is 2. The number of ether oxygens (including phenoxy) is 2. The van der Waals surface area contributed by atoms with Crippen molar-refractivity contribution >= 4 is 23.5 Å². The summed E-state index contributed by atoms with van der Waals surface area (Å²) in [5.74, 6) is -2.87. The molecule has 7 heteroatoms. The zero-order chi connectivity index (χ0) is 37.8. The molecule has 0 saturated heterocycles. The van der Waals surface area contributed by atoms with Crippen LogP contribution in [0.2, 0.25) is 0 Å². The number of benzene rings is 3. The van der Waals surface area contributed by atoms with Crippen molar-refractivity contribution in [1.29, 1.82) is 0 Å². The molecule has 3 rings (SSSR count). The molecule has 0 spiro atoms. The normalized spacial score (nSPS) is 14.8. The van der Waals surface area contributed by atoms with Crippen molar-refractivity contribution in [2.75, 3.05) is 14.2 Å². The van der Waals surface area contributed by atoms with Crippen LogP contribution in [0.15, 0.2) is 84.9 Å². The number of ketones is 2. The number of carbonyl (C=O) groups excluding carboxylic acids is 4. The van der Waals surface area contributed by atoms with Crippen molar-refractivity contribution in [1.82, 2.24) is 0 Å². The Hall–Kier alpha value is -4.10. The predicted molar refractivity (Wildman–Crippen MR) is 202 cm³/mol. The third-order valence-corrected chi connectivity index (χ3v) is 10.1. The Balaban J connectivity index is 1.96. The van der Waals surface area contributed by atoms with Gasteiger partial charge in [-0.1, -0.05) is 126 Å². The Bertz CT molecular complexity index is 1550. The first kappa shape index (κ1) is 41.3. The molecule has 276 valence electrons. The minimum atomic E-state index is -0.914. The third kappa shape index (κ3) is 13.2. The summed E-state index contributed by atoms with van der Waals surface area (Å²) in [5, 5.41) is 12.0. The highest BCUT2D eigenvalue weighted by Crippen LogP contribution is 2.36. The SMILES string of the molecule is COC(=O)C[C@H](C(=O)CC(Cc1ccc(-c2ccccc2)cc1)C[C@H](O)[C@@H](CC(=O)[C@@H](CC(=O)OC)C(C)(C)C)Cc1ccccc1)C(C)(C)C. The van der Waals surface area contributed by atoms with Gasteiger partial charge < -0.3 is 14.6 Å². The molecule has 1 unspecified atom stereocenters. The average Bonchev–Trinajstić information content (AvgIpc) is 3.08. The molecule has 5 atom stereocenters. The quantitative estimate of drug-likeness (QED) is 0.133. The zero-order valence-corrected chi connectivity index (χ0v) is 31.8. The molecule has 0 amide bonds. The molecule has 0 saturated carbocycles. The van der Waals surface area contributed by atoms with Gasteiger partial charge in [-0.25, -0.2) is 0 Å². The number of aliphatic hydroxyl groups excluding tert-OH is 1. The van der Waals surface area contributed by atoms with E-state index in [1.807, 2.05) is 90.1 Å². The van der Waals surface area contributed by atoms with Gasteiger partial charge in [0.25, 0.3) is 0 Å². The summed E-state index contributed by atoms with van der Waals surface area (Å²) in [7, 11) is 2.65. The highest BCUT2D eigenvalue weighted by molar-refractivity contribution is 5.87. The summed E-state index contributed by atoms with van der Waals surface area (Å²) >= 11 is 0. The van der Waals surface area contributed by atoms with E-state index in [9.17, 15) is 24.3 Å². The highest BCUT2D eigenvalue weighted by atomic mass is 16.5. The fourth-order valence-electron chi connectivity index (χ4n) is 6.96. The smallest absolute Gasteiger partial charge is 0.306 e. The molecule has 51 heavy (non-hydrogen) atoms. The van der Waals surface area contributed by atoms with Crippen LogP contribution in [0.3, 0.4) is 0 Å². The minimum absolute atomic E-state index is 0.0145. The number of hydrogen-bond acceptors (Lipinski definition) is 7. The van der Waals surface area contributed by atoms with Crippen LogP contribution in [-0.2, 0) is 41.5 Å². The molecule has 1 N–H and O–H groups in total. The van der Waals surface area contributed by atoms with Gasteiger partial charge in [0.1, 0.15) is 11.6 Å². The van der Waals surface area contributed by atoms with E-state index in [1.165, 1.54) is 14.2 Å². The van der Waals surface area contributed by atoms with Crippen LogP contribution in [0, 0.1) is 34.5 Å². The lowest BCUT2D eigenvalue weighted by Crippen LogP contribution is -2.36. The number of hydrogen-bond donors (Lipinski definition) is 1. The van der Waals surface area contributed by atoms with E-state index in [-0.39, 0.29) is 49.6 Å². The number of carbonyl (C=O) groups is 4. The van der Waals surface area contributed by atoms with Crippen molar-refractivity contribution < 1.29 is 33.8 Å². The van der Waals surface area contributed by atoms with Crippen molar-refractivity contribution in [3.05, 3.63) is 96.1 Å². The first-order valence-corrected chi connectivity index (χ1v) is 18.1. The lowest BCUT2D eigenvalue weighted by Gasteiger charge is -2.33. The number of aliphatic hydroxyl groups is 1. The number of esters is 2. The van der Waals surface area contributed by atoms with Crippen LogP contribution in [-0.4, -0.2) is 48.9 Å². The number of rotatable bonds is 18. The van der Waals surface area contributed by atoms with Gasteiger partial charge in [0, 0.05) is 24.7 Å². The number of Topliss-reactive ketones (excluding diaryl/α,β-unsaturated/α-hetero) is 2. The lowest BCUT2D eigenvalue weighted by atomic mass is 9.71. The molecular weight excluding hydrogens is 640 g/mol. The van der Waals surface area contributed by atoms with Gasteiger partial charge in [-0.05, 0) is 64.2 Å². The van der Waals surface area contributed by atoms with Crippen molar-refractivity contribution in [2.24, 2.45) is 34.5 Å². The second kappa shape index (κ2) is 18.9. The fourth-order valence-corrected chi connectivity index (χ4v) is 6.96. The minimum Gasteiger partial charge on any atom is -0.469 e. The third-order valence-electron chi connectivity index (χ3n) is 10.1. The fraction of sp³-hybridized carbons (Fsp3) is 0.500. The molecule has 0 aliphatic rings. The van der Waals surface area contributed by atoms with Crippen molar-refractivity contribution in [3.63, 3.8) is 0 Å². The molecule has 0 heterocycles. The maximum absolute atomic E-state index is 14.0. The van der Waals surface area contributed by atoms with Crippen LogP contribution in [0.5, 0.6) is 0 Å². The van der Waals surface area contributed by atoms with Gasteiger partial charge in [0.2, 0.25) is 0 Å². The van der Waals surface area contributed by atoms with E-state index in [0.29, 0.717) is 12.8 Å². The van der Waals surface area contributed by atoms with Gasteiger partial charge in [-0.2, -0.15) is 0 Å². The Labute approximate surface area is 305 Å². The Kier molecular flexibility index (Phi) is 15.3. The molecule has 0 radical (unpaired) electrons. The van der Waals surface area contributed by atoms with Crippen LogP contribution in [0.1, 0.15) is 84.8 Å². The summed E-state index contributed by atoms with van der Waals surface area (Å²) in [5.41, 5.74) is 3.24. The maximum Gasteiger partial charge on any atom is 0.306 e. The predicted octanol–water partition coefficient (Wildman–Crippen LogP) is 8.49. The maximum atomic E-state index is 14.0. The monoisotopic (exact) mass is 698 g/mol. The van der Waals surface area contributed by atoms with Crippen molar-refractivity contribution in [2.45, 2.75) is 92.6 Å². The second-order valence-electron chi connectivity index (χ2n) is 16.1. The Morgan fingerprint density at radius 1 is 0.569 bits per heavy atom. The lowest BCUT2D eigenvalue weighted by molar-refractivity contribution is -0.146. The van der Waals surface area contributed by atoms with E-state index < -0.39 is 46.6 Å². The molecule has 0 bridgehead atoms. The van der Waals surface area contributed by atoms with Gasteiger partial charge in [0.15, 0.2) is 0 Å². The second-order valence-corrected chi connectivity index (χ2v) is 16.1. The van der Waals surface area contributed by atoms with Crippen LogP contribution in [0.4, 0.5) is 0 Å². The van der Waals surface area contributed by atoms with E-state index in [1.54, 1.807) is 0 Å². The van der Waals surface area contributed by atoms with E-state index >= 15 is 0 Å². The van der Waals surface area contributed by atoms with E-state index in [0.717, 1.165) is 22.3 Å². The summed E-state index contributed by atoms with van der Waals surface area (Å²) in [4.78, 5) is 52.7. The topological polar surface area (TPSA) is 107 Å². The zero-order valence-electron chi connectivity index (χ0n) is 31.8. The van der Waals surface area contributed by atoms with Crippen LogP contribution < -0.4 is 0 Å². The first-order valence-electron chi connectivity index (χ1n) is 18.1. The molecule has 0 fully saturated rings. The van der Waals surface area contributed by atoms with E-state index in [4.69, 9.17) is 9.47 Å². The molecule has 0 aromatic heterocycles. The summed E-state index contributed by atoms with van der Waals surface area (Å²) in [6.45, 7) is 11.7. The largest absolute Gasteiger partial charge is 0.469 e. The molecule has 7 nitrogen and oxygen atoms in total. The summed E-state index contributed by atoms with van der Waals surface area (Å²) < 4.78 is 9.87. The molecule has 0 aliphatic heterocycles. The average molecular weight is 699 g/mol. The summed E-state index contributed by atoms with van der Waals surface area (Å²) in [6.07, 6.45) is 0.556. The Morgan fingerprint density at radius 2 is 1.00 bits per heavy atom. The van der Waals surface area contributed by atoms with Gasteiger partial charge in [-0.3, -0.25) is 19.2 Å². The molecule has 3 aromatic carbocycles. The van der Waals surface area contributed by atoms with Gasteiger partial charge in [0.05, 0.1) is 33.2 Å². The standard InChI is InChI=1S/C44H58O7/c1-43(2,3)36(28-41(48)50-7)39(46)26-32(23-31-19-21-34(22-20-31)33-17-13-10-14-18-33)25-38(45)35(24-30-15-11-9-12-16-30)27-40(47)37(44(4,5)6)29-42(49)51-8/h9-22,32,35-38,45H,23-29H2,1-8H3/t32?,35-,36-,37-,38+/m1/s1. The molecule has 3 aromatic rings. The molecule has 0 aliphatic carbocycles. The van der Waals surface area contributed by atoms with Crippen molar-refractivity contribution in [3.8, 4) is 11.1 Å². The highest BCUT2D eigenvalue weighted by Gasteiger charge is 2.38. The Morgan fingerprint density at radius 3 is 1.47 bits per heavy atom. The van der Waals surface area contributed by atoms with Gasteiger partial charge in [-0.15, -0.1) is 0 Å². The van der Waals surface area contributed by atoms with E-state index in [2.05, 4.69) is 36.4 Å². The van der Waals surface area contributed by atoms with Crippen LogP contribution in [0.25, 0.3) is 11.1 Å². The van der Waals surface area contributed by atoms with Gasteiger partial charge >= 0.3 is 11.9 Å².